The van der Waals surface area contributed by atoms with E-state index >= 15 is 0 Å². The third-order valence-electron chi connectivity index (χ3n) is 5.36. The minimum atomic E-state index is -3.68. The fourth-order valence-corrected chi connectivity index (χ4v) is 5.47. The third kappa shape index (κ3) is 6.30. The molecule has 1 amide bonds. The fraction of sp³-hybridized carbons (Fsp3) is 0.409. The van der Waals surface area contributed by atoms with E-state index in [1.165, 1.54) is 36.4 Å². The summed E-state index contributed by atoms with van der Waals surface area (Å²) in [4.78, 5) is 12.7. The molecular weight excluding hydrogens is 450 g/mol. The number of hydrogen-bond donors (Lipinski definition) is 3. The minimum absolute atomic E-state index is 0.0568. The zero-order valence-corrected chi connectivity index (χ0v) is 19.8. The first kappa shape index (κ1) is 24.2. The van der Waals surface area contributed by atoms with Gasteiger partial charge in [0.1, 0.15) is 0 Å². The highest BCUT2D eigenvalue weighted by Crippen LogP contribution is 2.22. The minimum Gasteiger partial charge on any atom is -0.322 e. The van der Waals surface area contributed by atoms with Crippen LogP contribution in [-0.2, 0) is 20.0 Å². The number of sulfonamides is 2. The first-order valence-electron chi connectivity index (χ1n) is 10.6. The standard InChI is InChI=1S/C22H29N3O5S2/c1-16(2)31(27,28)24-19-13-11-17(12-14-19)22(26)23-20-9-6-10-21(15-20)32(29,30)25-18-7-4-3-5-8-18/h6,9-16,18,24-25H,3-5,7-8H2,1-2H3,(H,23,26). The Morgan fingerprint density at radius 1 is 0.906 bits per heavy atom. The van der Waals surface area contributed by atoms with E-state index in [9.17, 15) is 21.6 Å². The third-order valence-corrected chi connectivity index (χ3v) is 8.64. The van der Waals surface area contributed by atoms with Crippen LogP contribution in [0.5, 0.6) is 0 Å². The maximum absolute atomic E-state index is 12.7. The van der Waals surface area contributed by atoms with Crippen molar-refractivity contribution in [3.8, 4) is 0 Å². The monoisotopic (exact) mass is 479 g/mol. The molecule has 0 atom stereocenters. The van der Waals surface area contributed by atoms with E-state index in [-0.39, 0.29) is 10.9 Å². The maximum atomic E-state index is 12.7. The second kappa shape index (κ2) is 10.0. The highest BCUT2D eigenvalue weighted by atomic mass is 32.2. The smallest absolute Gasteiger partial charge is 0.255 e. The zero-order valence-electron chi connectivity index (χ0n) is 18.2. The molecule has 2 aromatic rings. The molecule has 3 N–H and O–H groups in total. The first-order chi connectivity index (χ1) is 15.1. The first-order valence-corrected chi connectivity index (χ1v) is 13.7. The SMILES string of the molecule is CC(C)S(=O)(=O)Nc1ccc(C(=O)Nc2cccc(S(=O)(=O)NC3CCCCC3)c2)cc1. The lowest BCUT2D eigenvalue weighted by atomic mass is 9.96. The van der Waals surface area contributed by atoms with Crippen LogP contribution in [-0.4, -0.2) is 34.0 Å². The molecule has 1 aliphatic rings. The Hall–Kier alpha value is -2.43. The predicted octanol–water partition coefficient (Wildman–Crippen LogP) is 3.70. The Bertz CT molecular complexity index is 1150. The highest BCUT2D eigenvalue weighted by Gasteiger charge is 2.22. The largest absolute Gasteiger partial charge is 0.322 e. The molecule has 0 radical (unpaired) electrons. The highest BCUT2D eigenvalue weighted by molar-refractivity contribution is 7.93. The molecule has 0 saturated heterocycles. The summed E-state index contributed by atoms with van der Waals surface area (Å²) in [5.41, 5.74) is 1.02. The van der Waals surface area contributed by atoms with Crippen LogP contribution >= 0.6 is 0 Å². The van der Waals surface area contributed by atoms with E-state index in [1.807, 2.05) is 0 Å². The summed E-state index contributed by atoms with van der Waals surface area (Å²) in [6, 6.07) is 12.1. The summed E-state index contributed by atoms with van der Waals surface area (Å²) in [5.74, 6) is -0.432. The number of benzene rings is 2. The van der Waals surface area contributed by atoms with E-state index < -0.39 is 31.2 Å². The summed E-state index contributed by atoms with van der Waals surface area (Å²) < 4.78 is 54.6. The van der Waals surface area contributed by atoms with Gasteiger partial charge in [0.2, 0.25) is 20.0 Å². The number of anilines is 2. The van der Waals surface area contributed by atoms with E-state index in [0.717, 1.165) is 32.1 Å². The number of hydrogen-bond acceptors (Lipinski definition) is 5. The number of carbonyl (C=O) groups is 1. The van der Waals surface area contributed by atoms with Gasteiger partial charge in [0.15, 0.2) is 0 Å². The molecule has 2 aromatic carbocycles. The fourth-order valence-electron chi connectivity index (χ4n) is 3.42. The van der Waals surface area contributed by atoms with Crippen molar-refractivity contribution in [1.29, 1.82) is 0 Å². The van der Waals surface area contributed by atoms with Crippen molar-refractivity contribution >= 4 is 37.3 Å². The van der Waals surface area contributed by atoms with Gasteiger partial charge in [-0.2, -0.15) is 0 Å². The van der Waals surface area contributed by atoms with Crippen LogP contribution in [0, 0.1) is 0 Å². The molecule has 0 aliphatic heterocycles. The number of amides is 1. The summed E-state index contributed by atoms with van der Waals surface area (Å²) in [6.07, 6.45) is 4.82. The van der Waals surface area contributed by atoms with Crippen LogP contribution in [0.15, 0.2) is 53.4 Å². The van der Waals surface area contributed by atoms with Gasteiger partial charge in [-0.25, -0.2) is 21.6 Å². The Labute approximate surface area is 189 Å². The van der Waals surface area contributed by atoms with Gasteiger partial charge in [0.05, 0.1) is 10.1 Å². The Morgan fingerprint density at radius 3 is 2.19 bits per heavy atom. The van der Waals surface area contributed by atoms with Crippen LogP contribution in [0.25, 0.3) is 0 Å². The van der Waals surface area contributed by atoms with Crippen molar-refractivity contribution in [1.82, 2.24) is 4.72 Å². The van der Waals surface area contributed by atoms with Gasteiger partial charge in [-0.3, -0.25) is 9.52 Å². The Kier molecular flexibility index (Phi) is 7.58. The summed E-state index contributed by atoms with van der Waals surface area (Å²) in [6.45, 7) is 3.15. The molecule has 0 bridgehead atoms. The molecule has 1 fully saturated rings. The average molecular weight is 480 g/mol. The second-order valence-corrected chi connectivity index (χ2v) is 12.2. The summed E-state index contributed by atoms with van der Waals surface area (Å²) in [7, 11) is -7.16. The molecule has 0 unspecified atom stereocenters. The van der Waals surface area contributed by atoms with Gasteiger partial charge in [-0.1, -0.05) is 25.3 Å². The van der Waals surface area contributed by atoms with Gasteiger partial charge in [0.25, 0.3) is 5.91 Å². The maximum Gasteiger partial charge on any atom is 0.255 e. The quantitative estimate of drug-likeness (QED) is 0.533. The molecule has 32 heavy (non-hydrogen) atoms. The molecule has 0 aromatic heterocycles. The molecular formula is C22H29N3O5S2. The molecule has 0 heterocycles. The molecule has 1 saturated carbocycles. The zero-order chi connectivity index (χ0) is 23.4. The second-order valence-electron chi connectivity index (χ2n) is 8.21. The molecule has 8 nitrogen and oxygen atoms in total. The average Bonchev–Trinajstić information content (AvgIpc) is 2.74. The summed E-state index contributed by atoms with van der Waals surface area (Å²) in [5, 5.41) is 2.11. The van der Waals surface area contributed by atoms with Crippen molar-refractivity contribution in [2.24, 2.45) is 0 Å². The van der Waals surface area contributed by atoms with E-state index in [2.05, 4.69) is 14.8 Å². The lowest BCUT2D eigenvalue weighted by Crippen LogP contribution is -2.36. The van der Waals surface area contributed by atoms with Crippen LogP contribution in [0.4, 0.5) is 11.4 Å². The molecule has 1 aliphatic carbocycles. The van der Waals surface area contributed by atoms with Crippen molar-refractivity contribution in [2.45, 2.75) is 62.1 Å². The van der Waals surface area contributed by atoms with E-state index in [0.29, 0.717) is 16.9 Å². The van der Waals surface area contributed by atoms with Gasteiger partial charge in [0, 0.05) is 23.0 Å². The van der Waals surface area contributed by atoms with Gasteiger partial charge in [-0.05, 0) is 69.2 Å². The summed E-state index contributed by atoms with van der Waals surface area (Å²) >= 11 is 0. The topological polar surface area (TPSA) is 121 Å². The molecule has 0 spiro atoms. The molecule has 10 heteroatoms. The van der Waals surface area contributed by atoms with Crippen molar-refractivity contribution < 1.29 is 21.6 Å². The molecule has 3 rings (SSSR count). The molecule has 174 valence electrons. The van der Waals surface area contributed by atoms with Gasteiger partial charge < -0.3 is 5.32 Å². The van der Waals surface area contributed by atoms with Crippen molar-refractivity contribution in [3.05, 3.63) is 54.1 Å². The Morgan fingerprint density at radius 2 is 1.56 bits per heavy atom. The van der Waals surface area contributed by atoms with Crippen LogP contribution in [0.2, 0.25) is 0 Å². The lowest BCUT2D eigenvalue weighted by Gasteiger charge is -2.22. The van der Waals surface area contributed by atoms with E-state index in [4.69, 9.17) is 0 Å². The number of rotatable bonds is 8. The van der Waals surface area contributed by atoms with Gasteiger partial charge >= 0.3 is 0 Å². The predicted molar refractivity (Wildman–Crippen MR) is 126 cm³/mol. The number of carbonyl (C=O) groups excluding carboxylic acids is 1. The van der Waals surface area contributed by atoms with Gasteiger partial charge in [-0.15, -0.1) is 0 Å². The lowest BCUT2D eigenvalue weighted by molar-refractivity contribution is 0.102. The van der Waals surface area contributed by atoms with Crippen LogP contribution in [0.1, 0.15) is 56.3 Å². The van der Waals surface area contributed by atoms with E-state index in [1.54, 1.807) is 26.0 Å². The van der Waals surface area contributed by atoms with Crippen molar-refractivity contribution in [2.75, 3.05) is 10.0 Å². The van der Waals surface area contributed by atoms with Crippen molar-refractivity contribution in [3.63, 3.8) is 0 Å². The number of nitrogens with one attached hydrogen (secondary N) is 3. The van der Waals surface area contributed by atoms with Crippen LogP contribution < -0.4 is 14.8 Å². The Balaban J connectivity index is 1.68. The normalized spacial score (nSPS) is 15.5. The van der Waals surface area contributed by atoms with Crippen LogP contribution in [0.3, 0.4) is 0 Å².